The van der Waals surface area contributed by atoms with Crippen LogP contribution in [0.4, 0.5) is 8.78 Å². The van der Waals surface area contributed by atoms with Crippen LogP contribution in [0.2, 0.25) is 0 Å². The third kappa shape index (κ3) is 1.60. The molecule has 6 N–H and O–H groups in total. The molecular formula is C8H12F2N2+2. The van der Waals surface area contributed by atoms with Crippen molar-refractivity contribution in [1.29, 1.82) is 0 Å². The van der Waals surface area contributed by atoms with E-state index in [1.165, 1.54) is 12.1 Å². The summed E-state index contributed by atoms with van der Waals surface area (Å²) in [6.07, 6.45) is 0. The zero-order valence-electron chi connectivity index (χ0n) is 6.74. The molecule has 0 saturated heterocycles. The van der Waals surface area contributed by atoms with Crippen molar-refractivity contribution in [3.8, 4) is 0 Å². The Bertz CT molecular complexity index is 257. The van der Waals surface area contributed by atoms with Crippen LogP contribution in [-0.4, -0.2) is 0 Å². The van der Waals surface area contributed by atoms with Gasteiger partial charge >= 0.3 is 0 Å². The SMILES string of the molecule is [NH3+]Cc1cc(F)c(C[NH3+])cc1F. The zero-order chi connectivity index (χ0) is 9.14. The largest absolute Gasteiger partial charge is 0.354 e. The van der Waals surface area contributed by atoms with E-state index in [0.717, 1.165) is 0 Å². The molecule has 1 aromatic rings. The Morgan fingerprint density at radius 3 is 1.50 bits per heavy atom. The van der Waals surface area contributed by atoms with Crippen molar-refractivity contribution < 1.29 is 20.2 Å². The zero-order valence-corrected chi connectivity index (χ0v) is 6.74. The molecule has 12 heavy (non-hydrogen) atoms. The highest BCUT2D eigenvalue weighted by Crippen LogP contribution is 2.13. The predicted molar refractivity (Wildman–Crippen MR) is 39.5 cm³/mol. The maximum Gasteiger partial charge on any atom is 0.132 e. The van der Waals surface area contributed by atoms with Gasteiger partial charge in [-0.25, -0.2) is 8.78 Å². The van der Waals surface area contributed by atoms with Crippen molar-refractivity contribution in [3.63, 3.8) is 0 Å². The minimum absolute atomic E-state index is 0.264. The second-order valence-corrected chi connectivity index (χ2v) is 2.54. The van der Waals surface area contributed by atoms with E-state index in [9.17, 15) is 8.78 Å². The van der Waals surface area contributed by atoms with Gasteiger partial charge < -0.3 is 11.5 Å². The maximum atomic E-state index is 13.0. The molecule has 0 aliphatic rings. The third-order valence-electron chi connectivity index (χ3n) is 1.75. The van der Waals surface area contributed by atoms with E-state index < -0.39 is 11.6 Å². The summed E-state index contributed by atoms with van der Waals surface area (Å²) in [7, 11) is 0. The van der Waals surface area contributed by atoms with Crippen LogP contribution in [-0.2, 0) is 13.1 Å². The fourth-order valence-corrected chi connectivity index (χ4v) is 1.01. The number of halogens is 2. The van der Waals surface area contributed by atoms with Crippen LogP contribution in [0.5, 0.6) is 0 Å². The number of hydrogen-bond acceptors (Lipinski definition) is 0. The number of hydrogen-bond donors (Lipinski definition) is 2. The minimum Gasteiger partial charge on any atom is -0.354 e. The van der Waals surface area contributed by atoms with Gasteiger partial charge in [0.1, 0.15) is 24.7 Å². The van der Waals surface area contributed by atoms with Gasteiger partial charge in [0.25, 0.3) is 0 Å². The van der Waals surface area contributed by atoms with Gasteiger partial charge in [0.15, 0.2) is 0 Å². The lowest BCUT2D eigenvalue weighted by Gasteiger charge is -2.01. The van der Waals surface area contributed by atoms with Crippen LogP contribution in [0.25, 0.3) is 0 Å². The Balaban J connectivity index is 3.16. The van der Waals surface area contributed by atoms with Crippen molar-refractivity contribution in [3.05, 3.63) is 34.9 Å². The third-order valence-corrected chi connectivity index (χ3v) is 1.75. The topological polar surface area (TPSA) is 55.3 Å². The van der Waals surface area contributed by atoms with E-state index in [0.29, 0.717) is 11.1 Å². The summed E-state index contributed by atoms with van der Waals surface area (Å²) in [5.74, 6) is -0.796. The predicted octanol–water partition coefficient (Wildman–Crippen LogP) is -0.551. The lowest BCUT2D eigenvalue weighted by atomic mass is 10.1. The first kappa shape index (κ1) is 9.09. The molecule has 0 atom stereocenters. The van der Waals surface area contributed by atoms with E-state index in [-0.39, 0.29) is 13.1 Å². The molecule has 0 spiro atoms. The van der Waals surface area contributed by atoms with Gasteiger partial charge in [-0.3, -0.25) is 0 Å². The summed E-state index contributed by atoms with van der Waals surface area (Å²) in [4.78, 5) is 0. The average molecular weight is 174 g/mol. The first-order valence-corrected chi connectivity index (χ1v) is 3.74. The molecule has 0 heterocycles. The van der Waals surface area contributed by atoms with Gasteiger partial charge in [0, 0.05) is 11.1 Å². The Kier molecular flexibility index (Phi) is 2.73. The van der Waals surface area contributed by atoms with Crippen LogP contribution in [0, 0.1) is 11.6 Å². The molecule has 66 valence electrons. The Hall–Kier alpha value is -1.00. The first-order valence-electron chi connectivity index (χ1n) is 3.74. The van der Waals surface area contributed by atoms with Gasteiger partial charge in [-0.15, -0.1) is 0 Å². The van der Waals surface area contributed by atoms with E-state index in [1.807, 2.05) is 0 Å². The lowest BCUT2D eigenvalue weighted by Crippen LogP contribution is -2.49. The van der Waals surface area contributed by atoms with E-state index >= 15 is 0 Å². The van der Waals surface area contributed by atoms with Crippen LogP contribution in [0.3, 0.4) is 0 Å². The van der Waals surface area contributed by atoms with Gasteiger partial charge in [0.05, 0.1) is 0 Å². The quantitative estimate of drug-likeness (QED) is 0.604. The molecule has 0 aromatic heterocycles. The number of quaternary nitrogens is 2. The first-order chi connectivity index (χ1) is 5.69. The minimum atomic E-state index is -0.398. The fraction of sp³-hybridized carbons (Fsp3) is 0.250. The van der Waals surface area contributed by atoms with Gasteiger partial charge in [-0.1, -0.05) is 0 Å². The van der Waals surface area contributed by atoms with Crippen molar-refractivity contribution >= 4 is 0 Å². The molecule has 2 nitrogen and oxygen atoms in total. The van der Waals surface area contributed by atoms with E-state index in [1.54, 1.807) is 0 Å². The van der Waals surface area contributed by atoms with Crippen molar-refractivity contribution in [1.82, 2.24) is 0 Å². The molecule has 0 aliphatic heterocycles. The van der Waals surface area contributed by atoms with Crippen molar-refractivity contribution in [2.75, 3.05) is 0 Å². The Morgan fingerprint density at radius 2 is 1.25 bits per heavy atom. The van der Waals surface area contributed by atoms with Crippen LogP contribution < -0.4 is 11.5 Å². The van der Waals surface area contributed by atoms with E-state index in [2.05, 4.69) is 11.5 Å². The van der Waals surface area contributed by atoms with Crippen molar-refractivity contribution in [2.24, 2.45) is 0 Å². The molecule has 0 aliphatic carbocycles. The molecular weight excluding hydrogens is 162 g/mol. The van der Waals surface area contributed by atoms with E-state index in [4.69, 9.17) is 0 Å². The highest BCUT2D eigenvalue weighted by molar-refractivity contribution is 5.24. The Morgan fingerprint density at radius 1 is 0.917 bits per heavy atom. The standard InChI is InChI=1S/C8H10F2N2/c9-7-1-5(3-11)8(10)2-6(7)4-12/h1-2H,3-4,11-12H2/p+2. The average Bonchev–Trinajstić information content (AvgIpc) is 2.08. The summed E-state index contributed by atoms with van der Waals surface area (Å²) in [6.45, 7) is 0.528. The lowest BCUT2D eigenvalue weighted by molar-refractivity contribution is -0.388. The smallest absolute Gasteiger partial charge is 0.132 e. The highest BCUT2D eigenvalue weighted by atomic mass is 19.1. The highest BCUT2D eigenvalue weighted by Gasteiger charge is 2.09. The summed E-state index contributed by atoms with van der Waals surface area (Å²) in [6, 6.07) is 2.37. The molecule has 4 heteroatoms. The van der Waals surface area contributed by atoms with Gasteiger partial charge in [-0.05, 0) is 12.1 Å². The van der Waals surface area contributed by atoms with Gasteiger partial charge in [-0.2, -0.15) is 0 Å². The van der Waals surface area contributed by atoms with Crippen LogP contribution in [0.15, 0.2) is 12.1 Å². The molecule has 0 amide bonds. The van der Waals surface area contributed by atoms with Crippen LogP contribution >= 0.6 is 0 Å². The monoisotopic (exact) mass is 174 g/mol. The summed E-state index contributed by atoms with van der Waals surface area (Å²) in [5, 5.41) is 0. The molecule has 0 fully saturated rings. The summed E-state index contributed by atoms with van der Waals surface area (Å²) >= 11 is 0. The maximum absolute atomic E-state index is 13.0. The number of rotatable bonds is 2. The summed E-state index contributed by atoms with van der Waals surface area (Å²) < 4.78 is 26.0. The molecule has 0 saturated carbocycles. The normalized spacial score (nSPS) is 10.3. The number of benzene rings is 1. The van der Waals surface area contributed by atoms with Gasteiger partial charge in [0.2, 0.25) is 0 Å². The molecule has 0 radical (unpaired) electrons. The second-order valence-electron chi connectivity index (χ2n) is 2.54. The molecule has 1 aromatic carbocycles. The summed E-state index contributed by atoms with van der Waals surface area (Å²) in [5.41, 5.74) is 7.60. The molecule has 0 unspecified atom stereocenters. The Labute approximate surface area is 69.2 Å². The second kappa shape index (κ2) is 3.60. The fourth-order valence-electron chi connectivity index (χ4n) is 1.01. The molecule has 1 rings (SSSR count). The van der Waals surface area contributed by atoms with Crippen LogP contribution in [0.1, 0.15) is 11.1 Å². The molecule has 0 bridgehead atoms. The van der Waals surface area contributed by atoms with Crippen molar-refractivity contribution in [2.45, 2.75) is 13.1 Å².